The highest BCUT2D eigenvalue weighted by Gasteiger charge is 2.36. The number of esters is 1. The summed E-state index contributed by atoms with van der Waals surface area (Å²) < 4.78 is 10.7. The summed E-state index contributed by atoms with van der Waals surface area (Å²) in [5.74, 6) is -0.833. The zero-order chi connectivity index (χ0) is 17.9. The smallest absolute Gasteiger partial charge is 0.329 e. The van der Waals surface area contributed by atoms with Crippen LogP contribution in [0.25, 0.3) is 0 Å². The van der Waals surface area contributed by atoms with Crippen molar-refractivity contribution in [2.24, 2.45) is 0 Å². The lowest BCUT2D eigenvalue weighted by Crippen LogP contribution is -2.50. The molecule has 1 unspecified atom stereocenters. The Bertz CT molecular complexity index is 658. The molecule has 0 spiro atoms. The van der Waals surface area contributed by atoms with E-state index in [1.165, 1.54) is 11.0 Å². The number of carbonyl (C=O) groups is 3. The van der Waals surface area contributed by atoms with Crippen molar-refractivity contribution in [1.82, 2.24) is 0 Å². The average Bonchev–Trinajstić information content (AvgIpc) is 2.55. The van der Waals surface area contributed by atoms with Crippen molar-refractivity contribution in [3.05, 3.63) is 23.8 Å². The molecule has 0 aromatic heterocycles. The first kappa shape index (κ1) is 18.3. The predicted molar refractivity (Wildman–Crippen MR) is 89.8 cm³/mol. The molecule has 7 heteroatoms. The molecule has 1 aliphatic rings. The van der Waals surface area contributed by atoms with Gasteiger partial charge in [-0.3, -0.25) is 14.5 Å². The van der Waals surface area contributed by atoms with Crippen LogP contribution in [0.1, 0.15) is 37.6 Å². The standard InChI is InChI=1S/C17H20ClNO5/c1-4-12(17(22)24-10(2)3)19-13-7-11(14(20)8-18)5-6-15(13)23-9-16(19)21/h5-7,10,12H,4,8-9H2,1-3H3. The van der Waals surface area contributed by atoms with Crippen molar-refractivity contribution in [1.29, 1.82) is 0 Å². The summed E-state index contributed by atoms with van der Waals surface area (Å²) in [4.78, 5) is 37.9. The molecule has 1 aliphatic heterocycles. The Morgan fingerprint density at radius 2 is 2.08 bits per heavy atom. The van der Waals surface area contributed by atoms with E-state index in [0.29, 0.717) is 23.4 Å². The number of hydrogen-bond donors (Lipinski definition) is 0. The molecular weight excluding hydrogens is 334 g/mol. The van der Waals surface area contributed by atoms with Crippen molar-refractivity contribution >= 4 is 34.9 Å². The highest BCUT2D eigenvalue weighted by molar-refractivity contribution is 6.30. The maximum absolute atomic E-state index is 12.4. The maximum Gasteiger partial charge on any atom is 0.329 e. The second-order valence-corrected chi connectivity index (χ2v) is 5.97. The molecule has 0 aliphatic carbocycles. The fourth-order valence-electron chi connectivity index (χ4n) is 2.53. The SMILES string of the molecule is CCC(C(=O)OC(C)C)N1C(=O)COc2ccc(C(=O)CCl)cc21. The van der Waals surface area contributed by atoms with E-state index < -0.39 is 12.0 Å². The third-order valence-corrected chi connectivity index (χ3v) is 3.85. The van der Waals surface area contributed by atoms with Gasteiger partial charge < -0.3 is 9.47 Å². The molecule has 2 rings (SSSR count). The van der Waals surface area contributed by atoms with E-state index in [1.807, 2.05) is 0 Å². The molecule has 130 valence electrons. The Labute approximate surface area is 145 Å². The molecule has 6 nitrogen and oxygen atoms in total. The molecular formula is C17H20ClNO5. The minimum absolute atomic E-state index is 0.165. The van der Waals surface area contributed by atoms with Crippen LogP contribution in [0, 0.1) is 0 Å². The molecule has 0 N–H and O–H groups in total. The summed E-state index contributed by atoms with van der Waals surface area (Å²) in [6, 6.07) is 3.95. The lowest BCUT2D eigenvalue weighted by atomic mass is 10.1. The number of alkyl halides is 1. The predicted octanol–water partition coefficient (Wildman–Crippen LogP) is 2.56. The van der Waals surface area contributed by atoms with E-state index in [0.717, 1.165) is 0 Å². The number of anilines is 1. The number of ether oxygens (including phenoxy) is 2. The summed E-state index contributed by atoms with van der Waals surface area (Å²) in [6.45, 7) is 5.12. The van der Waals surface area contributed by atoms with E-state index >= 15 is 0 Å². The van der Waals surface area contributed by atoms with Crippen LogP contribution >= 0.6 is 11.6 Å². The van der Waals surface area contributed by atoms with Gasteiger partial charge in [-0.1, -0.05) is 6.92 Å². The molecule has 0 fully saturated rings. The molecule has 1 heterocycles. The molecule has 1 atom stereocenters. The van der Waals surface area contributed by atoms with Crippen molar-refractivity contribution in [3.63, 3.8) is 0 Å². The number of nitrogens with zero attached hydrogens (tertiary/aromatic N) is 1. The van der Waals surface area contributed by atoms with Gasteiger partial charge in [-0.15, -0.1) is 11.6 Å². The molecule has 1 aromatic rings. The first-order valence-corrected chi connectivity index (χ1v) is 8.31. The highest BCUT2D eigenvalue weighted by atomic mass is 35.5. The Kier molecular flexibility index (Phi) is 5.83. The Balaban J connectivity index is 2.44. The topological polar surface area (TPSA) is 72.9 Å². The fourth-order valence-corrected chi connectivity index (χ4v) is 2.68. The fraction of sp³-hybridized carbons (Fsp3) is 0.471. The van der Waals surface area contributed by atoms with Gasteiger partial charge in [0.2, 0.25) is 0 Å². The minimum atomic E-state index is -0.774. The number of ketones is 1. The monoisotopic (exact) mass is 353 g/mol. The van der Waals surface area contributed by atoms with Gasteiger partial charge in [0.05, 0.1) is 17.7 Å². The first-order chi connectivity index (χ1) is 11.4. The third-order valence-electron chi connectivity index (χ3n) is 3.60. The van der Waals surface area contributed by atoms with E-state index in [2.05, 4.69) is 0 Å². The van der Waals surface area contributed by atoms with Crippen LogP contribution < -0.4 is 9.64 Å². The van der Waals surface area contributed by atoms with E-state index in [-0.39, 0.29) is 30.3 Å². The summed E-state index contributed by atoms with van der Waals surface area (Å²) in [5, 5.41) is 0. The van der Waals surface area contributed by atoms with Crippen LogP contribution in [0.5, 0.6) is 5.75 Å². The number of benzene rings is 1. The molecule has 0 saturated heterocycles. The average molecular weight is 354 g/mol. The summed E-state index contributed by atoms with van der Waals surface area (Å²) in [5.41, 5.74) is 0.744. The highest BCUT2D eigenvalue weighted by Crippen LogP contribution is 2.35. The Morgan fingerprint density at radius 3 is 2.67 bits per heavy atom. The third kappa shape index (κ3) is 3.70. The van der Waals surface area contributed by atoms with E-state index in [9.17, 15) is 14.4 Å². The first-order valence-electron chi connectivity index (χ1n) is 7.77. The number of hydrogen-bond acceptors (Lipinski definition) is 5. The van der Waals surface area contributed by atoms with Crippen LogP contribution in [0.3, 0.4) is 0 Å². The number of rotatable bonds is 6. The normalized spacial score (nSPS) is 14.9. The molecule has 1 aromatic carbocycles. The van der Waals surface area contributed by atoms with Gasteiger partial charge in [0.25, 0.3) is 5.91 Å². The van der Waals surface area contributed by atoms with Crippen molar-refractivity contribution in [2.75, 3.05) is 17.4 Å². The summed E-state index contributed by atoms with van der Waals surface area (Å²) >= 11 is 5.60. The zero-order valence-electron chi connectivity index (χ0n) is 13.9. The molecule has 0 bridgehead atoms. The van der Waals surface area contributed by atoms with Gasteiger partial charge in [-0.25, -0.2) is 4.79 Å². The molecule has 24 heavy (non-hydrogen) atoms. The van der Waals surface area contributed by atoms with Gasteiger partial charge >= 0.3 is 5.97 Å². The quantitative estimate of drug-likeness (QED) is 0.446. The maximum atomic E-state index is 12.4. The number of Topliss-reactive ketones (excluding diaryl/α,β-unsaturated/α-hetero) is 1. The van der Waals surface area contributed by atoms with Crippen molar-refractivity contribution in [3.8, 4) is 5.75 Å². The van der Waals surface area contributed by atoms with E-state index in [4.69, 9.17) is 21.1 Å². The summed E-state index contributed by atoms with van der Waals surface area (Å²) in [7, 11) is 0. The van der Waals surface area contributed by atoms with E-state index in [1.54, 1.807) is 32.9 Å². The van der Waals surface area contributed by atoms with Crippen LogP contribution in [-0.4, -0.2) is 42.3 Å². The van der Waals surface area contributed by atoms with Crippen molar-refractivity contribution < 1.29 is 23.9 Å². The van der Waals surface area contributed by atoms with Crippen LogP contribution in [0.2, 0.25) is 0 Å². The lowest BCUT2D eigenvalue weighted by molar-refractivity contribution is -0.150. The van der Waals surface area contributed by atoms with Gasteiger partial charge in [-0.2, -0.15) is 0 Å². The van der Waals surface area contributed by atoms with Gasteiger partial charge in [0, 0.05) is 5.56 Å². The molecule has 0 saturated carbocycles. The number of carbonyl (C=O) groups excluding carboxylic acids is 3. The van der Waals surface area contributed by atoms with Gasteiger partial charge in [-0.05, 0) is 38.5 Å². The van der Waals surface area contributed by atoms with Crippen LogP contribution in [-0.2, 0) is 14.3 Å². The number of halogens is 1. The second-order valence-electron chi connectivity index (χ2n) is 5.70. The Hall–Kier alpha value is -2.08. The number of amides is 1. The zero-order valence-corrected chi connectivity index (χ0v) is 14.6. The van der Waals surface area contributed by atoms with Gasteiger partial charge in [0.1, 0.15) is 11.8 Å². The molecule has 1 amide bonds. The lowest BCUT2D eigenvalue weighted by Gasteiger charge is -2.34. The summed E-state index contributed by atoms with van der Waals surface area (Å²) in [6.07, 6.45) is 0.0936. The van der Waals surface area contributed by atoms with Crippen LogP contribution in [0.15, 0.2) is 18.2 Å². The largest absolute Gasteiger partial charge is 0.482 e. The minimum Gasteiger partial charge on any atom is -0.482 e. The van der Waals surface area contributed by atoms with Crippen LogP contribution in [0.4, 0.5) is 5.69 Å². The molecule has 0 radical (unpaired) electrons. The number of fused-ring (bicyclic) bond motifs is 1. The Morgan fingerprint density at radius 1 is 1.38 bits per heavy atom. The van der Waals surface area contributed by atoms with Gasteiger partial charge in [0.15, 0.2) is 12.4 Å². The van der Waals surface area contributed by atoms with Crippen molar-refractivity contribution in [2.45, 2.75) is 39.3 Å². The second kappa shape index (κ2) is 7.66.